The molecule has 0 aromatic heterocycles. The second-order valence-corrected chi connectivity index (χ2v) is 5.44. The Morgan fingerprint density at radius 2 is 1.41 bits per heavy atom. The van der Waals surface area contributed by atoms with Crippen LogP contribution in [0.5, 0.6) is 0 Å². The van der Waals surface area contributed by atoms with Crippen LogP contribution >= 0.6 is 11.6 Å². The van der Waals surface area contributed by atoms with Gasteiger partial charge >= 0.3 is 0 Å². The quantitative estimate of drug-likeness (QED) is 0.649. The van der Waals surface area contributed by atoms with Crippen LogP contribution in [0, 0.1) is 0 Å². The Hall–Kier alpha value is -0.850. The van der Waals surface area contributed by atoms with Gasteiger partial charge in [0, 0.05) is 37.0 Å². The van der Waals surface area contributed by atoms with Crippen molar-refractivity contribution in [3.8, 4) is 0 Å². The maximum atomic E-state index is 10.0. The Morgan fingerprint density at radius 1 is 0.955 bits per heavy atom. The van der Waals surface area contributed by atoms with Gasteiger partial charge in [0.2, 0.25) is 0 Å². The fraction of sp³-hybridized carbons (Fsp3) is 0.625. The molecule has 1 aromatic rings. The first-order valence-corrected chi connectivity index (χ1v) is 7.96. The number of ether oxygens (including phenoxy) is 2. The largest absolute Gasteiger partial charge is 0.389 e. The van der Waals surface area contributed by atoms with E-state index in [1.807, 2.05) is 30.9 Å². The van der Waals surface area contributed by atoms with Crippen LogP contribution in [0.4, 0.5) is 5.69 Å². The van der Waals surface area contributed by atoms with Gasteiger partial charge in [-0.25, -0.2) is 0 Å². The number of nitrogens with zero attached hydrogens (tertiary/aromatic N) is 1. The van der Waals surface area contributed by atoms with E-state index in [-0.39, 0.29) is 13.2 Å². The normalized spacial score (nSPS) is 13.9. The molecule has 2 atom stereocenters. The van der Waals surface area contributed by atoms with Gasteiger partial charge in [-0.2, -0.15) is 0 Å². The summed E-state index contributed by atoms with van der Waals surface area (Å²) in [7, 11) is 0. The summed E-state index contributed by atoms with van der Waals surface area (Å²) < 4.78 is 10.5. The Bertz CT molecular complexity index is 386. The highest BCUT2D eigenvalue weighted by molar-refractivity contribution is 6.30. The lowest BCUT2D eigenvalue weighted by Gasteiger charge is -2.29. The predicted octanol–water partition coefficient (Wildman–Crippen LogP) is 1.94. The fourth-order valence-electron chi connectivity index (χ4n) is 2.06. The first-order chi connectivity index (χ1) is 10.6. The third kappa shape index (κ3) is 7.42. The van der Waals surface area contributed by atoms with Crippen LogP contribution in [0.2, 0.25) is 5.02 Å². The molecule has 0 radical (unpaired) electrons. The molecule has 0 fully saturated rings. The maximum absolute atomic E-state index is 10.0. The lowest BCUT2D eigenvalue weighted by molar-refractivity contribution is 0.0353. The van der Waals surface area contributed by atoms with Crippen molar-refractivity contribution in [2.45, 2.75) is 26.1 Å². The molecule has 6 heteroatoms. The summed E-state index contributed by atoms with van der Waals surface area (Å²) in [6.07, 6.45) is -1.26. The number of halogens is 1. The Labute approximate surface area is 137 Å². The molecule has 2 N–H and O–H groups in total. The molecule has 1 aromatic carbocycles. The Morgan fingerprint density at radius 3 is 1.82 bits per heavy atom. The second-order valence-electron chi connectivity index (χ2n) is 5.01. The number of hydrogen-bond acceptors (Lipinski definition) is 5. The Kier molecular flexibility index (Phi) is 9.43. The van der Waals surface area contributed by atoms with Crippen molar-refractivity contribution in [3.05, 3.63) is 29.3 Å². The van der Waals surface area contributed by atoms with Gasteiger partial charge in [0.15, 0.2) is 0 Å². The van der Waals surface area contributed by atoms with Crippen molar-refractivity contribution < 1.29 is 19.7 Å². The smallest absolute Gasteiger partial charge is 0.0948 e. The molecule has 0 aliphatic carbocycles. The van der Waals surface area contributed by atoms with Crippen LogP contribution < -0.4 is 4.90 Å². The zero-order valence-electron chi connectivity index (χ0n) is 13.2. The van der Waals surface area contributed by atoms with Gasteiger partial charge in [0.1, 0.15) is 0 Å². The van der Waals surface area contributed by atoms with Crippen molar-refractivity contribution in [1.29, 1.82) is 0 Å². The molecule has 2 unspecified atom stereocenters. The van der Waals surface area contributed by atoms with Crippen LogP contribution in [-0.2, 0) is 9.47 Å². The molecule has 126 valence electrons. The van der Waals surface area contributed by atoms with E-state index in [2.05, 4.69) is 0 Å². The van der Waals surface area contributed by atoms with Gasteiger partial charge in [-0.15, -0.1) is 0 Å². The monoisotopic (exact) mass is 331 g/mol. The molecular weight excluding hydrogens is 306 g/mol. The van der Waals surface area contributed by atoms with Crippen molar-refractivity contribution in [2.24, 2.45) is 0 Å². The highest BCUT2D eigenvalue weighted by Gasteiger charge is 2.16. The standard InChI is InChI=1S/C16H26ClNO4/c1-3-21-11-15(19)9-18(10-16(20)12-22-4-2)14-7-5-13(17)6-8-14/h5-8,15-16,19-20H,3-4,9-12H2,1-2H3. The molecule has 0 bridgehead atoms. The highest BCUT2D eigenvalue weighted by Crippen LogP contribution is 2.19. The first kappa shape index (κ1) is 19.2. The van der Waals surface area contributed by atoms with E-state index in [9.17, 15) is 10.2 Å². The summed E-state index contributed by atoms with van der Waals surface area (Å²) in [5, 5.41) is 20.7. The fourth-order valence-corrected chi connectivity index (χ4v) is 2.19. The van der Waals surface area contributed by atoms with E-state index >= 15 is 0 Å². The van der Waals surface area contributed by atoms with Crippen LogP contribution in [0.15, 0.2) is 24.3 Å². The van der Waals surface area contributed by atoms with Crippen molar-refractivity contribution >= 4 is 17.3 Å². The number of hydrogen-bond donors (Lipinski definition) is 2. The number of benzene rings is 1. The van der Waals surface area contributed by atoms with Crippen molar-refractivity contribution in [1.82, 2.24) is 0 Å². The minimum Gasteiger partial charge on any atom is -0.389 e. The van der Waals surface area contributed by atoms with E-state index < -0.39 is 12.2 Å². The van der Waals surface area contributed by atoms with E-state index in [4.69, 9.17) is 21.1 Å². The van der Waals surface area contributed by atoms with Crippen molar-refractivity contribution in [2.75, 3.05) is 44.4 Å². The van der Waals surface area contributed by atoms with E-state index in [1.54, 1.807) is 12.1 Å². The molecule has 0 saturated carbocycles. The summed E-state index contributed by atoms with van der Waals surface area (Å²) in [5.74, 6) is 0. The summed E-state index contributed by atoms with van der Waals surface area (Å²) in [4.78, 5) is 1.91. The molecular formula is C16H26ClNO4. The first-order valence-electron chi connectivity index (χ1n) is 7.58. The molecule has 0 aliphatic rings. The third-order valence-corrected chi connectivity index (χ3v) is 3.33. The number of rotatable bonds is 11. The van der Waals surface area contributed by atoms with Gasteiger partial charge in [-0.1, -0.05) is 11.6 Å². The summed E-state index contributed by atoms with van der Waals surface area (Å²) in [5.41, 5.74) is 0.885. The molecule has 1 rings (SSSR count). The highest BCUT2D eigenvalue weighted by atomic mass is 35.5. The molecule has 0 amide bonds. The van der Waals surface area contributed by atoms with Gasteiger partial charge in [-0.05, 0) is 38.1 Å². The zero-order chi connectivity index (χ0) is 16.4. The molecule has 0 heterocycles. The minimum atomic E-state index is -0.630. The predicted molar refractivity (Wildman–Crippen MR) is 88.7 cm³/mol. The second kappa shape index (κ2) is 10.8. The molecule has 0 spiro atoms. The van der Waals surface area contributed by atoms with Gasteiger partial charge in [-0.3, -0.25) is 0 Å². The van der Waals surface area contributed by atoms with Gasteiger partial charge in [0.25, 0.3) is 0 Å². The van der Waals surface area contributed by atoms with Crippen molar-refractivity contribution in [3.63, 3.8) is 0 Å². The summed E-state index contributed by atoms with van der Waals surface area (Å²) in [6, 6.07) is 7.30. The molecule has 0 aliphatic heterocycles. The van der Waals surface area contributed by atoms with Crippen LogP contribution in [0.1, 0.15) is 13.8 Å². The SMILES string of the molecule is CCOCC(O)CN(CC(O)COCC)c1ccc(Cl)cc1. The average Bonchev–Trinajstić information content (AvgIpc) is 2.51. The average molecular weight is 332 g/mol. The lowest BCUT2D eigenvalue weighted by atomic mass is 10.2. The van der Waals surface area contributed by atoms with Crippen LogP contribution in [0.3, 0.4) is 0 Å². The van der Waals surface area contributed by atoms with Crippen LogP contribution in [-0.4, -0.2) is 61.9 Å². The summed E-state index contributed by atoms with van der Waals surface area (Å²) >= 11 is 5.91. The van der Waals surface area contributed by atoms with E-state index in [0.717, 1.165) is 5.69 Å². The number of aliphatic hydroxyl groups is 2. The van der Waals surface area contributed by atoms with E-state index in [0.29, 0.717) is 31.3 Å². The minimum absolute atomic E-state index is 0.266. The van der Waals surface area contributed by atoms with Crippen LogP contribution in [0.25, 0.3) is 0 Å². The molecule has 0 saturated heterocycles. The summed E-state index contributed by atoms with van der Waals surface area (Å²) in [6.45, 7) is 6.15. The topological polar surface area (TPSA) is 62.2 Å². The molecule has 22 heavy (non-hydrogen) atoms. The maximum Gasteiger partial charge on any atom is 0.0948 e. The van der Waals surface area contributed by atoms with Gasteiger partial charge in [0.05, 0.1) is 25.4 Å². The number of anilines is 1. The molecule has 5 nitrogen and oxygen atoms in total. The van der Waals surface area contributed by atoms with E-state index in [1.165, 1.54) is 0 Å². The zero-order valence-corrected chi connectivity index (χ0v) is 14.0. The third-order valence-electron chi connectivity index (χ3n) is 3.08. The van der Waals surface area contributed by atoms with Gasteiger partial charge < -0.3 is 24.6 Å². The Balaban J connectivity index is 2.69. The number of aliphatic hydroxyl groups excluding tert-OH is 2. The lowest BCUT2D eigenvalue weighted by Crippen LogP contribution is -2.41.